The van der Waals surface area contributed by atoms with Crippen LogP contribution in [0.4, 0.5) is 5.69 Å². The molecule has 0 aliphatic rings. The summed E-state index contributed by atoms with van der Waals surface area (Å²) >= 11 is 3.48. The van der Waals surface area contributed by atoms with E-state index in [1.54, 1.807) is 13.8 Å². The topological polar surface area (TPSA) is 49.3 Å². The summed E-state index contributed by atoms with van der Waals surface area (Å²) in [5.74, 6) is -0.762. The van der Waals surface area contributed by atoms with Crippen LogP contribution in [0, 0.1) is 12.3 Å². The van der Waals surface area contributed by atoms with Crippen molar-refractivity contribution in [3.05, 3.63) is 28.2 Å². The number of carboxylic acid groups (broad SMARTS) is 1. The highest BCUT2D eigenvalue weighted by atomic mass is 79.9. The van der Waals surface area contributed by atoms with Crippen LogP contribution in [0.3, 0.4) is 0 Å². The molecule has 0 spiro atoms. The number of aliphatic carboxylic acids is 1. The Bertz CT molecular complexity index is 416. The quantitative estimate of drug-likeness (QED) is 0.872. The third-order valence-corrected chi connectivity index (χ3v) is 3.43. The highest BCUT2D eigenvalue weighted by Crippen LogP contribution is 2.25. The van der Waals surface area contributed by atoms with Crippen molar-refractivity contribution in [2.24, 2.45) is 5.41 Å². The summed E-state index contributed by atoms with van der Waals surface area (Å²) in [6.07, 6.45) is 0.586. The van der Waals surface area contributed by atoms with Crippen LogP contribution in [0.15, 0.2) is 22.7 Å². The van der Waals surface area contributed by atoms with E-state index in [0.717, 1.165) is 10.2 Å². The molecule has 94 valence electrons. The number of halogens is 1. The predicted octanol–water partition coefficient (Wildman–Crippen LogP) is 3.67. The summed E-state index contributed by atoms with van der Waals surface area (Å²) < 4.78 is 1.01. The van der Waals surface area contributed by atoms with Crippen molar-refractivity contribution in [2.75, 3.05) is 11.9 Å². The molecule has 2 N–H and O–H groups in total. The van der Waals surface area contributed by atoms with E-state index in [1.807, 2.05) is 25.1 Å². The smallest absolute Gasteiger partial charge is 0.309 e. The Kier molecular flexibility index (Phi) is 4.57. The van der Waals surface area contributed by atoms with Crippen molar-refractivity contribution in [2.45, 2.75) is 27.2 Å². The Morgan fingerprint density at radius 3 is 2.65 bits per heavy atom. The van der Waals surface area contributed by atoms with Crippen LogP contribution in [-0.2, 0) is 4.79 Å². The second-order valence-corrected chi connectivity index (χ2v) is 5.70. The molecule has 17 heavy (non-hydrogen) atoms. The van der Waals surface area contributed by atoms with E-state index in [1.165, 1.54) is 5.56 Å². The standard InChI is InChI=1S/C13H18BrNO2/c1-9-4-5-11(10(14)8-9)15-7-6-13(2,3)12(16)17/h4-5,8,15H,6-7H2,1-3H3,(H,16,17). The van der Waals surface area contributed by atoms with Gasteiger partial charge >= 0.3 is 5.97 Å². The van der Waals surface area contributed by atoms with Crippen molar-refractivity contribution in [1.29, 1.82) is 0 Å². The molecule has 0 bridgehead atoms. The maximum Gasteiger partial charge on any atom is 0.309 e. The number of aryl methyl sites for hydroxylation is 1. The fourth-order valence-corrected chi connectivity index (χ4v) is 2.01. The molecule has 0 aliphatic carbocycles. The average Bonchev–Trinajstić information content (AvgIpc) is 2.21. The van der Waals surface area contributed by atoms with Crippen LogP contribution in [0.2, 0.25) is 0 Å². The fraction of sp³-hybridized carbons (Fsp3) is 0.462. The van der Waals surface area contributed by atoms with Crippen LogP contribution < -0.4 is 5.32 Å². The number of carbonyl (C=O) groups is 1. The maximum absolute atomic E-state index is 10.9. The number of carboxylic acids is 1. The zero-order valence-corrected chi connectivity index (χ0v) is 12.0. The molecule has 0 unspecified atom stereocenters. The SMILES string of the molecule is Cc1ccc(NCCC(C)(C)C(=O)O)c(Br)c1. The molecule has 0 saturated carbocycles. The third-order valence-electron chi connectivity index (χ3n) is 2.77. The Hall–Kier alpha value is -1.03. The first kappa shape index (κ1) is 14.0. The number of nitrogens with one attached hydrogen (secondary N) is 1. The summed E-state index contributed by atoms with van der Waals surface area (Å²) in [6.45, 7) is 6.14. The Morgan fingerprint density at radius 1 is 1.47 bits per heavy atom. The van der Waals surface area contributed by atoms with Crippen molar-refractivity contribution >= 4 is 27.6 Å². The Balaban J connectivity index is 2.54. The van der Waals surface area contributed by atoms with Gasteiger partial charge in [0.25, 0.3) is 0 Å². The highest BCUT2D eigenvalue weighted by molar-refractivity contribution is 9.10. The molecule has 1 aromatic carbocycles. The molecule has 0 heterocycles. The van der Waals surface area contributed by atoms with Gasteiger partial charge in [0, 0.05) is 16.7 Å². The number of anilines is 1. The van der Waals surface area contributed by atoms with Gasteiger partial charge in [-0.15, -0.1) is 0 Å². The molecule has 3 nitrogen and oxygen atoms in total. The molecule has 0 radical (unpaired) electrons. The number of benzene rings is 1. The van der Waals surface area contributed by atoms with Gasteiger partial charge in [0.15, 0.2) is 0 Å². The van der Waals surface area contributed by atoms with Crippen LogP contribution in [-0.4, -0.2) is 17.6 Å². The average molecular weight is 300 g/mol. The fourth-order valence-electron chi connectivity index (χ4n) is 1.38. The minimum atomic E-state index is -0.762. The first-order valence-corrected chi connectivity index (χ1v) is 6.35. The van der Waals surface area contributed by atoms with Gasteiger partial charge in [0.2, 0.25) is 0 Å². The predicted molar refractivity (Wildman–Crippen MR) is 73.4 cm³/mol. The molecule has 0 aromatic heterocycles. The molecule has 0 aliphatic heterocycles. The molecule has 4 heteroatoms. The van der Waals surface area contributed by atoms with E-state index < -0.39 is 11.4 Å². The van der Waals surface area contributed by atoms with Crippen molar-refractivity contribution in [3.63, 3.8) is 0 Å². The van der Waals surface area contributed by atoms with E-state index in [-0.39, 0.29) is 0 Å². The van der Waals surface area contributed by atoms with E-state index in [0.29, 0.717) is 13.0 Å². The molecular formula is C13H18BrNO2. The van der Waals surface area contributed by atoms with Gasteiger partial charge in [-0.1, -0.05) is 6.07 Å². The van der Waals surface area contributed by atoms with E-state index in [9.17, 15) is 4.79 Å². The molecule has 0 atom stereocenters. The lowest BCUT2D eigenvalue weighted by Gasteiger charge is -2.19. The maximum atomic E-state index is 10.9. The minimum Gasteiger partial charge on any atom is -0.481 e. The zero-order chi connectivity index (χ0) is 13.1. The highest BCUT2D eigenvalue weighted by Gasteiger charge is 2.26. The summed E-state index contributed by atoms with van der Waals surface area (Å²) in [7, 11) is 0. The van der Waals surface area contributed by atoms with Crippen molar-refractivity contribution < 1.29 is 9.90 Å². The first-order valence-electron chi connectivity index (χ1n) is 5.56. The number of hydrogen-bond donors (Lipinski definition) is 2. The van der Waals surface area contributed by atoms with Crippen molar-refractivity contribution in [1.82, 2.24) is 0 Å². The summed E-state index contributed by atoms with van der Waals surface area (Å²) in [4.78, 5) is 10.9. The lowest BCUT2D eigenvalue weighted by molar-refractivity contribution is -0.147. The van der Waals surface area contributed by atoms with Crippen LogP contribution >= 0.6 is 15.9 Å². The molecule has 0 amide bonds. The summed E-state index contributed by atoms with van der Waals surface area (Å²) in [6, 6.07) is 6.05. The Labute approximate surface area is 110 Å². The van der Waals surface area contributed by atoms with Crippen LogP contribution in [0.25, 0.3) is 0 Å². The van der Waals surface area contributed by atoms with Crippen molar-refractivity contribution in [3.8, 4) is 0 Å². The van der Waals surface area contributed by atoms with Crippen LogP contribution in [0.1, 0.15) is 25.8 Å². The second kappa shape index (κ2) is 5.54. The molecular weight excluding hydrogens is 282 g/mol. The number of hydrogen-bond acceptors (Lipinski definition) is 2. The summed E-state index contributed by atoms with van der Waals surface area (Å²) in [5.41, 5.74) is 1.49. The van der Waals surface area contributed by atoms with Crippen LogP contribution in [0.5, 0.6) is 0 Å². The van der Waals surface area contributed by atoms with Gasteiger partial charge < -0.3 is 10.4 Å². The monoisotopic (exact) mass is 299 g/mol. The van der Waals surface area contributed by atoms with Gasteiger partial charge in [-0.25, -0.2) is 0 Å². The lowest BCUT2D eigenvalue weighted by atomic mass is 9.90. The summed E-state index contributed by atoms with van der Waals surface area (Å²) in [5, 5.41) is 12.2. The normalized spacial score (nSPS) is 11.3. The third kappa shape index (κ3) is 4.04. The van der Waals surface area contributed by atoms with Gasteiger partial charge in [0.1, 0.15) is 0 Å². The Morgan fingerprint density at radius 2 is 2.12 bits per heavy atom. The zero-order valence-electron chi connectivity index (χ0n) is 10.4. The van der Waals surface area contributed by atoms with Gasteiger partial charge in [0.05, 0.1) is 5.41 Å². The van der Waals surface area contributed by atoms with Gasteiger partial charge in [-0.2, -0.15) is 0 Å². The first-order chi connectivity index (χ1) is 7.83. The largest absolute Gasteiger partial charge is 0.481 e. The van der Waals surface area contributed by atoms with E-state index >= 15 is 0 Å². The lowest BCUT2D eigenvalue weighted by Crippen LogP contribution is -2.26. The van der Waals surface area contributed by atoms with E-state index in [4.69, 9.17) is 5.11 Å². The van der Waals surface area contributed by atoms with E-state index in [2.05, 4.69) is 21.2 Å². The molecule has 0 fully saturated rings. The molecule has 1 rings (SSSR count). The molecule has 0 saturated heterocycles. The van der Waals surface area contributed by atoms with Gasteiger partial charge in [-0.3, -0.25) is 4.79 Å². The second-order valence-electron chi connectivity index (χ2n) is 4.85. The minimum absolute atomic E-state index is 0.586. The van der Waals surface area contributed by atoms with Gasteiger partial charge in [-0.05, 0) is 60.8 Å². The molecule has 1 aromatic rings. The number of rotatable bonds is 5.